The van der Waals surface area contributed by atoms with Crippen molar-refractivity contribution in [1.82, 2.24) is 5.32 Å². The second-order valence-electron chi connectivity index (χ2n) is 4.58. The van der Waals surface area contributed by atoms with Gasteiger partial charge >= 0.3 is 6.18 Å². The molecule has 0 radical (unpaired) electrons. The predicted octanol–water partition coefficient (Wildman–Crippen LogP) is 1.88. The number of hydrogen-bond donors (Lipinski definition) is 1. The van der Waals surface area contributed by atoms with Crippen molar-refractivity contribution in [2.24, 2.45) is 0 Å². The Morgan fingerprint density at radius 2 is 1.94 bits per heavy atom. The summed E-state index contributed by atoms with van der Waals surface area (Å²) in [6.45, 7) is 0.218. The van der Waals surface area contributed by atoms with E-state index in [0.29, 0.717) is 6.42 Å². The molecule has 0 spiro atoms. The maximum atomic E-state index is 11.9. The van der Waals surface area contributed by atoms with Crippen molar-refractivity contribution >= 4 is 9.84 Å². The van der Waals surface area contributed by atoms with E-state index >= 15 is 0 Å². The monoisotopic (exact) mass is 273 g/mol. The fourth-order valence-corrected chi connectivity index (χ4v) is 3.67. The number of hydrogen-bond acceptors (Lipinski definition) is 3. The van der Waals surface area contributed by atoms with Gasteiger partial charge in [0.2, 0.25) is 0 Å². The lowest BCUT2D eigenvalue weighted by molar-refractivity contribution is -0.135. The molecule has 0 heterocycles. The molecule has 1 rings (SSSR count). The van der Waals surface area contributed by atoms with E-state index in [-0.39, 0.29) is 19.0 Å². The molecule has 17 heavy (non-hydrogen) atoms. The van der Waals surface area contributed by atoms with Gasteiger partial charge in [-0.05, 0) is 25.8 Å². The summed E-state index contributed by atoms with van der Waals surface area (Å²) in [6, 6.07) is -0.182. The van der Waals surface area contributed by atoms with Crippen LogP contribution in [0.5, 0.6) is 0 Å². The molecule has 2 atom stereocenters. The van der Waals surface area contributed by atoms with E-state index in [1.54, 1.807) is 0 Å². The minimum atomic E-state index is -4.13. The van der Waals surface area contributed by atoms with Gasteiger partial charge in [0, 0.05) is 18.7 Å². The van der Waals surface area contributed by atoms with Gasteiger partial charge < -0.3 is 5.32 Å². The van der Waals surface area contributed by atoms with Crippen LogP contribution in [-0.4, -0.2) is 38.7 Å². The molecule has 1 fully saturated rings. The summed E-state index contributed by atoms with van der Waals surface area (Å²) in [4.78, 5) is 0. The van der Waals surface area contributed by atoms with Crippen LogP contribution >= 0.6 is 0 Å². The summed E-state index contributed by atoms with van der Waals surface area (Å²) in [5, 5.41) is 2.49. The zero-order chi connectivity index (χ0) is 13.1. The Labute approximate surface area is 99.7 Å². The lowest BCUT2D eigenvalue weighted by Crippen LogP contribution is -2.40. The van der Waals surface area contributed by atoms with E-state index in [2.05, 4.69) is 5.32 Å². The Morgan fingerprint density at radius 3 is 2.47 bits per heavy atom. The minimum absolute atomic E-state index is 0.00349. The zero-order valence-corrected chi connectivity index (χ0v) is 10.6. The van der Waals surface area contributed by atoms with Crippen LogP contribution in [0.1, 0.15) is 32.1 Å². The smallest absolute Gasteiger partial charge is 0.313 e. The van der Waals surface area contributed by atoms with E-state index in [0.717, 1.165) is 12.8 Å². The molecule has 0 aromatic heterocycles. The van der Waals surface area contributed by atoms with Crippen LogP contribution in [0, 0.1) is 0 Å². The van der Waals surface area contributed by atoms with Crippen molar-refractivity contribution in [3.8, 4) is 0 Å². The summed E-state index contributed by atoms with van der Waals surface area (Å²) in [5.41, 5.74) is 0. The third-order valence-corrected chi connectivity index (χ3v) is 4.71. The van der Waals surface area contributed by atoms with Crippen LogP contribution in [0.25, 0.3) is 0 Å². The molecule has 7 heteroatoms. The van der Waals surface area contributed by atoms with Gasteiger partial charge in [-0.15, -0.1) is 0 Å². The maximum Gasteiger partial charge on any atom is 0.389 e. The van der Waals surface area contributed by atoms with E-state index in [9.17, 15) is 21.6 Å². The van der Waals surface area contributed by atoms with Crippen molar-refractivity contribution in [2.45, 2.75) is 49.6 Å². The molecule has 1 aliphatic rings. The summed E-state index contributed by atoms with van der Waals surface area (Å²) < 4.78 is 58.5. The van der Waals surface area contributed by atoms with Gasteiger partial charge in [0.05, 0.1) is 5.25 Å². The lowest BCUT2D eigenvalue weighted by Gasteiger charge is -2.19. The minimum Gasteiger partial charge on any atom is -0.313 e. The molecule has 1 aliphatic carbocycles. The van der Waals surface area contributed by atoms with Gasteiger partial charge in [0.1, 0.15) is 0 Å². The molecule has 2 unspecified atom stereocenters. The van der Waals surface area contributed by atoms with Gasteiger partial charge in [0.15, 0.2) is 9.84 Å². The van der Waals surface area contributed by atoms with Crippen molar-refractivity contribution < 1.29 is 21.6 Å². The largest absolute Gasteiger partial charge is 0.389 e. The first-order valence-electron chi connectivity index (χ1n) is 5.69. The first-order chi connectivity index (χ1) is 7.70. The Bertz CT molecular complexity index is 340. The fraction of sp³-hybridized carbons (Fsp3) is 1.00. The van der Waals surface area contributed by atoms with Crippen LogP contribution in [0.2, 0.25) is 0 Å². The summed E-state index contributed by atoms with van der Waals surface area (Å²) >= 11 is 0. The second kappa shape index (κ2) is 5.56. The van der Waals surface area contributed by atoms with Crippen molar-refractivity contribution in [3.63, 3.8) is 0 Å². The van der Waals surface area contributed by atoms with Gasteiger partial charge in [-0.1, -0.05) is 6.42 Å². The molecular weight excluding hydrogens is 255 g/mol. The third kappa shape index (κ3) is 5.25. The van der Waals surface area contributed by atoms with E-state index in [1.165, 1.54) is 6.26 Å². The quantitative estimate of drug-likeness (QED) is 0.778. The molecule has 3 nitrogen and oxygen atoms in total. The highest BCUT2D eigenvalue weighted by atomic mass is 32.2. The summed E-state index contributed by atoms with van der Waals surface area (Å²) in [7, 11) is -3.10. The van der Waals surface area contributed by atoms with Gasteiger partial charge in [-0.2, -0.15) is 13.2 Å². The molecule has 1 saturated carbocycles. The number of sulfone groups is 1. The molecule has 0 saturated heterocycles. The van der Waals surface area contributed by atoms with Crippen molar-refractivity contribution in [3.05, 3.63) is 0 Å². The number of halogens is 3. The molecule has 0 aromatic carbocycles. The SMILES string of the molecule is CS(=O)(=O)C1CCCC1NCCCC(F)(F)F. The number of nitrogens with one attached hydrogen (secondary N) is 1. The molecule has 1 N–H and O–H groups in total. The van der Waals surface area contributed by atoms with Crippen LogP contribution in [0.3, 0.4) is 0 Å². The van der Waals surface area contributed by atoms with Gasteiger partial charge in [-0.3, -0.25) is 0 Å². The topological polar surface area (TPSA) is 46.2 Å². The summed E-state index contributed by atoms with van der Waals surface area (Å²) in [5.74, 6) is 0. The van der Waals surface area contributed by atoms with Crippen LogP contribution in [0.15, 0.2) is 0 Å². The second-order valence-corrected chi connectivity index (χ2v) is 6.84. The highest BCUT2D eigenvalue weighted by Crippen LogP contribution is 2.25. The molecule has 102 valence electrons. The number of rotatable bonds is 5. The zero-order valence-electron chi connectivity index (χ0n) is 9.76. The number of alkyl halides is 3. The Morgan fingerprint density at radius 1 is 1.29 bits per heavy atom. The third-order valence-electron chi connectivity index (χ3n) is 3.05. The van der Waals surface area contributed by atoms with Gasteiger partial charge in [-0.25, -0.2) is 8.42 Å². The van der Waals surface area contributed by atoms with E-state index < -0.39 is 27.7 Å². The van der Waals surface area contributed by atoms with Crippen molar-refractivity contribution in [2.75, 3.05) is 12.8 Å². The lowest BCUT2D eigenvalue weighted by atomic mass is 10.2. The molecule has 0 aliphatic heterocycles. The van der Waals surface area contributed by atoms with E-state index in [4.69, 9.17) is 0 Å². The van der Waals surface area contributed by atoms with Crippen molar-refractivity contribution in [1.29, 1.82) is 0 Å². The first-order valence-corrected chi connectivity index (χ1v) is 7.64. The molecule has 0 amide bonds. The van der Waals surface area contributed by atoms with Crippen LogP contribution in [0.4, 0.5) is 13.2 Å². The highest BCUT2D eigenvalue weighted by molar-refractivity contribution is 7.91. The molecule has 0 bridgehead atoms. The standard InChI is InChI=1S/C10H18F3NO2S/c1-17(15,16)9-5-2-4-8(9)14-7-3-6-10(11,12)13/h8-9,14H,2-7H2,1H3. The Kier molecular flexibility index (Phi) is 4.83. The fourth-order valence-electron chi connectivity index (χ4n) is 2.25. The Balaban J connectivity index is 2.32. The average Bonchev–Trinajstić information content (AvgIpc) is 2.58. The first kappa shape index (κ1) is 14.8. The van der Waals surface area contributed by atoms with E-state index in [1.807, 2.05) is 0 Å². The highest BCUT2D eigenvalue weighted by Gasteiger charge is 2.34. The van der Waals surface area contributed by atoms with Crippen LogP contribution < -0.4 is 5.32 Å². The molecule has 0 aromatic rings. The average molecular weight is 273 g/mol. The van der Waals surface area contributed by atoms with Crippen LogP contribution in [-0.2, 0) is 9.84 Å². The summed E-state index contributed by atoms with van der Waals surface area (Å²) in [6.07, 6.45) is -1.62. The molecular formula is C10H18F3NO2S. The maximum absolute atomic E-state index is 11.9. The normalized spacial score (nSPS) is 26.4. The predicted molar refractivity (Wildman–Crippen MR) is 59.6 cm³/mol. The van der Waals surface area contributed by atoms with Gasteiger partial charge in [0.25, 0.3) is 0 Å². The Hall–Kier alpha value is -0.300.